The van der Waals surface area contributed by atoms with E-state index < -0.39 is 33.2 Å². The number of rotatable bonds is 4. The van der Waals surface area contributed by atoms with E-state index in [4.69, 9.17) is 11.6 Å². The van der Waals surface area contributed by atoms with Gasteiger partial charge in [0.1, 0.15) is 0 Å². The van der Waals surface area contributed by atoms with Gasteiger partial charge >= 0.3 is 6.18 Å². The SMILES string of the molecule is O=C(Nc1ccc(Cl)cc1C(F)(F)F)c1cc(C2CC2)n(C2CCS(=O)(=O)C2)n1. The molecular formula is C18H17ClF3N3O3S. The summed E-state index contributed by atoms with van der Waals surface area (Å²) in [6.07, 6.45) is -2.48. The lowest BCUT2D eigenvalue weighted by Crippen LogP contribution is -2.19. The maximum absolute atomic E-state index is 13.3. The molecule has 1 N–H and O–H groups in total. The van der Waals surface area contributed by atoms with E-state index in [9.17, 15) is 26.4 Å². The zero-order valence-electron chi connectivity index (χ0n) is 15.0. The first-order valence-corrected chi connectivity index (χ1v) is 11.2. The van der Waals surface area contributed by atoms with Crippen molar-refractivity contribution in [1.29, 1.82) is 0 Å². The summed E-state index contributed by atoms with van der Waals surface area (Å²) in [5.74, 6) is -0.596. The van der Waals surface area contributed by atoms with Gasteiger partial charge in [-0.2, -0.15) is 18.3 Å². The lowest BCUT2D eigenvalue weighted by Gasteiger charge is -2.14. The number of hydrogen-bond donors (Lipinski definition) is 1. The van der Waals surface area contributed by atoms with Gasteiger partial charge < -0.3 is 5.32 Å². The first-order valence-electron chi connectivity index (χ1n) is 9.01. The van der Waals surface area contributed by atoms with Gasteiger partial charge in [-0.05, 0) is 43.5 Å². The van der Waals surface area contributed by atoms with E-state index in [1.807, 2.05) is 0 Å². The smallest absolute Gasteiger partial charge is 0.320 e. The number of sulfone groups is 1. The first kappa shape index (κ1) is 20.2. The maximum atomic E-state index is 13.3. The molecule has 2 heterocycles. The molecule has 1 aliphatic heterocycles. The average molecular weight is 448 g/mol. The van der Waals surface area contributed by atoms with Crippen molar-refractivity contribution in [3.63, 3.8) is 0 Å². The van der Waals surface area contributed by atoms with E-state index >= 15 is 0 Å². The fourth-order valence-electron chi connectivity index (χ4n) is 3.51. The second kappa shape index (κ2) is 7.02. The van der Waals surface area contributed by atoms with Crippen LogP contribution in [0.25, 0.3) is 0 Å². The molecule has 1 amide bonds. The molecule has 1 saturated heterocycles. The van der Waals surface area contributed by atoms with Gasteiger partial charge in [0.25, 0.3) is 5.91 Å². The Balaban J connectivity index is 1.63. The van der Waals surface area contributed by atoms with Crippen LogP contribution < -0.4 is 5.32 Å². The second-order valence-electron chi connectivity index (χ2n) is 7.37. The second-order valence-corrected chi connectivity index (χ2v) is 10.0. The Kier molecular flexibility index (Phi) is 4.89. The fraction of sp³-hybridized carbons (Fsp3) is 0.444. The molecular weight excluding hydrogens is 431 g/mol. The fourth-order valence-corrected chi connectivity index (χ4v) is 5.38. The minimum absolute atomic E-state index is 0.0423. The normalized spacial score (nSPS) is 21.3. The van der Waals surface area contributed by atoms with Gasteiger partial charge in [0.15, 0.2) is 15.5 Å². The van der Waals surface area contributed by atoms with Crippen LogP contribution in [0.2, 0.25) is 5.02 Å². The Morgan fingerprint density at radius 2 is 1.93 bits per heavy atom. The van der Waals surface area contributed by atoms with Crippen molar-refractivity contribution in [1.82, 2.24) is 9.78 Å². The van der Waals surface area contributed by atoms with Gasteiger partial charge in [-0.15, -0.1) is 0 Å². The molecule has 6 nitrogen and oxygen atoms in total. The van der Waals surface area contributed by atoms with Crippen LogP contribution in [-0.4, -0.2) is 35.6 Å². The summed E-state index contributed by atoms with van der Waals surface area (Å²) in [6, 6.07) is 4.27. The van der Waals surface area contributed by atoms with E-state index in [-0.39, 0.29) is 34.2 Å². The Labute approximate surface area is 170 Å². The van der Waals surface area contributed by atoms with Crippen LogP contribution in [-0.2, 0) is 16.0 Å². The lowest BCUT2D eigenvalue weighted by atomic mass is 10.1. The number of halogens is 4. The standard InChI is InChI=1S/C18H17ClF3N3O3S/c19-11-3-4-14(13(7-11)18(20,21)22)23-17(26)15-8-16(10-1-2-10)25(24-15)12-5-6-29(27,28)9-12/h3-4,7-8,10,12H,1-2,5-6,9H2,(H,23,26). The van der Waals surface area contributed by atoms with Crippen LogP contribution in [0.1, 0.15) is 53.0 Å². The summed E-state index contributed by atoms with van der Waals surface area (Å²) in [5, 5.41) is 6.41. The van der Waals surface area contributed by atoms with Crippen molar-refractivity contribution in [2.24, 2.45) is 0 Å². The average Bonchev–Trinajstić information content (AvgIpc) is 3.26. The molecule has 1 unspecified atom stereocenters. The molecule has 1 aromatic heterocycles. The van der Waals surface area contributed by atoms with Crippen molar-refractivity contribution in [3.05, 3.63) is 46.2 Å². The van der Waals surface area contributed by atoms with Gasteiger partial charge in [-0.25, -0.2) is 8.42 Å². The van der Waals surface area contributed by atoms with Crippen LogP contribution in [0.4, 0.5) is 18.9 Å². The van der Waals surface area contributed by atoms with E-state index in [0.717, 1.165) is 30.7 Å². The third-order valence-corrected chi connectivity index (χ3v) is 7.07. The summed E-state index contributed by atoms with van der Waals surface area (Å²) < 4.78 is 65.0. The van der Waals surface area contributed by atoms with Crippen molar-refractivity contribution in [2.45, 2.75) is 37.4 Å². The summed E-state index contributed by atoms with van der Waals surface area (Å²) in [4.78, 5) is 12.6. The highest BCUT2D eigenvalue weighted by Crippen LogP contribution is 2.42. The molecule has 2 fully saturated rings. The minimum atomic E-state index is -4.69. The third-order valence-electron chi connectivity index (χ3n) is 5.08. The zero-order chi connectivity index (χ0) is 21.0. The van der Waals surface area contributed by atoms with Gasteiger partial charge in [0.2, 0.25) is 0 Å². The van der Waals surface area contributed by atoms with Gasteiger partial charge in [-0.3, -0.25) is 9.48 Å². The molecule has 1 atom stereocenters. The number of aromatic nitrogens is 2. The molecule has 1 saturated carbocycles. The molecule has 156 valence electrons. The largest absolute Gasteiger partial charge is 0.418 e. The number of nitrogens with zero attached hydrogens (tertiary/aromatic N) is 2. The van der Waals surface area contributed by atoms with Crippen molar-refractivity contribution in [2.75, 3.05) is 16.8 Å². The third kappa shape index (κ3) is 4.28. The quantitative estimate of drug-likeness (QED) is 0.766. The number of nitrogens with one attached hydrogen (secondary N) is 1. The zero-order valence-corrected chi connectivity index (χ0v) is 16.6. The predicted octanol–water partition coefficient (Wildman–Crippen LogP) is 4.04. The van der Waals surface area contributed by atoms with Gasteiger partial charge in [-0.1, -0.05) is 11.6 Å². The molecule has 2 aromatic rings. The monoisotopic (exact) mass is 447 g/mol. The summed E-state index contributed by atoms with van der Waals surface area (Å²) >= 11 is 5.66. The van der Waals surface area contributed by atoms with Crippen LogP contribution in [0.15, 0.2) is 24.3 Å². The van der Waals surface area contributed by atoms with Gasteiger partial charge in [0.05, 0.1) is 28.8 Å². The Morgan fingerprint density at radius 3 is 2.52 bits per heavy atom. The summed E-state index contributed by atoms with van der Waals surface area (Å²) in [7, 11) is -3.15. The lowest BCUT2D eigenvalue weighted by molar-refractivity contribution is -0.136. The Morgan fingerprint density at radius 1 is 1.21 bits per heavy atom. The van der Waals surface area contributed by atoms with Gasteiger partial charge in [0, 0.05) is 16.6 Å². The number of carbonyl (C=O) groups is 1. The Hall–Kier alpha value is -2.07. The number of benzene rings is 1. The van der Waals surface area contributed by atoms with Crippen molar-refractivity contribution < 1.29 is 26.4 Å². The number of amides is 1. The number of alkyl halides is 3. The van der Waals surface area contributed by atoms with E-state index in [1.54, 1.807) is 10.7 Å². The van der Waals surface area contributed by atoms with Crippen LogP contribution >= 0.6 is 11.6 Å². The Bertz CT molecular complexity index is 1080. The predicted molar refractivity (Wildman–Crippen MR) is 101 cm³/mol. The molecule has 4 rings (SSSR count). The number of anilines is 1. The number of carbonyl (C=O) groups excluding carboxylic acids is 1. The molecule has 29 heavy (non-hydrogen) atoms. The highest BCUT2D eigenvalue weighted by atomic mass is 35.5. The topological polar surface area (TPSA) is 81.1 Å². The van der Waals surface area contributed by atoms with Crippen LogP contribution in [0, 0.1) is 0 Å². The molecule has 0 spiro atoms. The van der Waals surface area contributed by atoms with Crippen LogP contribution in [0.5, 0.6) is 0 Å². The summed E-state index contributed by atoms with van der Waals surface area (Å²) in [6.45, 7) is 0. The number of hydrogen-bond acceptors (Lipinski definition) is 4. The van der Waals surface area contributed by atoms with Crippen molar-refractivity contribution >= 4 is 33.0 Å². The molecule has 0 bridgehead atoms. The van der Waals surface area contributed by atoms with E-state index in [0.29, 0.717) is 6.42 Å². The highest BCUT2D eigenvalue weighted by molar-refractivity contribution is 7.91. The maximum Gasteiger partial charge on any atom is 0.418 e. The van der Waals surface area contributed by atoms with Crippen molar-refractivity contribution in [3.8, 4) is 0 Å². The molecule has 11 heteroatoms. The molecule has 1 aliphatic carbocycles. The highest BCUT2D eigenvalue weighted by Gasteiger charge is 2.37. The minimum Gasteiger partial charge on any atom is -0.320 e. The van der Waals surface area contributed by atoms with E-state index in [2.05, 4.69) is 10.4 Å². The molecule has 2 aliphatic rings. The summed E-state index contributed by atoms with van der Waals surface area (Å²) in [5.41, 5.74) is -0.761. The molecule has 0 radical (unpaired) electrons. The van der Waals surface area contributed by atoms with E-state index in [1.165, 1.54) is 6.07 Å². The first-order chi connectivity index (χ1) is 13.5. The van der Waals surface area contributed by atoms with Crippen LogP contribution in [0.3, 0.4) is 0 Å². The molecule has 1 aromatic carbocycles.